The summed E-state index contributed by atoms with van der Waals surface area (Å²) in [7, 11) is 0. The molecule has 0 aliphatic carbocycles. The maximum absolute atomic E-state index is 14.2. The highest BCUT2D eigenvalue weighted by atomic mass is 19.2. The Morgan fingerprint density at radius 2 is 1.22 bits per heavy atom. The third kappa shape index (κ3) is 5.02. The van der Waals surface area contributed by atoms with Crippen LogP contribution in [0.15, 0.2) is 65.7 Å². The Labute approximate surface area is 179 Å². The molecule has 0 spiro atoms. The number of rotatable bonds is 6. The summed E-state index contributed by atoms with van der Waals surface area (Å²) < 4.78 is 68.9. The molecule has 3 aromatic rings. The van der Waals surface area contributed by atoms with Crippen LogP contribution >= 0.6 is 0 Å². The minimum absolute atomic E-state index is 0.506. The summed E-state index contributed by atoms with van der Waals surface area (Å²) in [4.78, 5) is 14.7. The van der Waals surface area contributed by atoms with Gasteiger partial charge in [-0.2, -0.15) is 0 Å². The lowest BCUT2D eigenvalue weighted by Crippen LogP contribution is -2.36. The molecule has 0 atom stereocenters. The van der Waals surface area contributed by atoms with E-state index in [1.165, 1.54) is 0 Å². The molecule has 10 heteroatoms. The van der Waals surface area contributed by atoms with Crippen molar-refractivity contribution in [1.82, 2.24) is 5.32 Å². The number of aliphatic imine (C=N–C) groups is 1. The van der Waals surface area contributed by atoms with E-state index < -0.39 is 59.3 Å². The molecule has 0 heterocycles. The van der Waals surface area contributed by atoms with Crippen molar-refractivity contribution in [2.75, 3.05) is 11.9 Å². The highest BCUT2D eigenvalue weighted by molar-refractivity contribution is 5.95. The van der Waals surface area contributed by atoms with Crippen LogP contribution in [0.1, 0.15) is 17.2 Å². The molecule has 0 fully saturated rings. The van der Waals surface area contributed by atoms with E-state index in [0.717, 1.165) is 0 Å². The van der Waals surface area contributed by atoms with Gasteiger partial charge in [0.1, 0.15) is 12.2 Å². The summed E-state index contributed by atoms with van der Waals surface area (Å²) in [5.74, 6) is -12.7. The van der Waals surface area contributed by atoms with Gasteiger partial charge in [-0.1, -0.05) is 60.7 Å². The molecule has 0 aliphatic heterocycles. The second kappa shape index (κ2) is 9.90. The van der Waals surface area contributed by atoms with E-state index in [0.29, 0.717) is 11.1 Å². The Hall–Kier alpha value is -3.95. The molecule has 0 aromatic heterocycles. The molecule has 166 valence electrons. The Balaban J connectivity index is 2.04. The first-order valence-electron chi connectivity index (χ1n) is 9.20. The van der Waals surface area contributed by atoms with Gasteiger partial charge in [0.15, 0.2) is 29.2 Å². The summed E-state index contributed by atoms with van der Waals surface area (Å²) in [6.07, 6.45) is 0. The van der Waals surface area contributed by atoms with Gasteiger partial charge < -0.3 is 15.7 Å². The molecule has 0 bridgehead atoms. The molecule has 5 nitrogen and oxygen atoms in total. The maximum Gasteiger partial charge on any atom is 0.325 e. The number of benzene rings is 3. The van der Waals surface area contributed by atoms with Crippen LogP contribution in [0.4, 0.5) is 27.6 Å². The number of aliphatic carboxylic acids is 1. The van der Waals surface area contributed by atoms with E-state index in [-0.39, 0.29) is 0 Å². The van der Waals surface area contributed by atoms with Crippen LogP contribution in [0.25, 0.3) is 0 Å². The molecule has 3 N–H and O–H groups in total. The largest absolute Gasteiger partial charge is 0.480 e. The third-order valence-corrected chi connectivity index (χ3v) is 4.37. The maximum atomic E-state index is 14.2. The van der Waals surface area contributed by atoms with Gasteiger partial charge in [0, 0.05) is 0 Å². The van der Waals surface area contributed by atoms with Crippen LogP contribution in [0.2, 0.25) is 0 Å². The Kier molecular flexibility index (Phi) is 7.04. The van der Waals surface area contributed by atoms with Crippen molar-refractivity contribution >= 4 is 17.6 Å². The molecule has 32 heavy (non-hydrogen) atoms. The van der Waals surface area contributed by atoms with Gasteiger partial charge in [-0.05, 0) is 11.1 Å². The standard InChI is InChI=1S/C22H16F5N3O2/c23-15-16(24)18(26)21(19(27)17(15)25)30-22(28-11-14(31)32)29-20(12-7-3-1-4-8-12)13-9-5-2-6-10-13/h1-10,20H,11H2,(H,31,32)(H2,28,29,30). The summed E-state index contributed by atoms with van der Waals surface area (Å²) in [6.45, 7) is -0.832. The Morgan fingerprint density at radius 1 is 0.781 bits per heavy atom. The van der Waals surface area contributed by atoms with Gasteiger partial charge >= 0.3 is 5.97 Å². The lowest BCUT2D eigenvalue weighted by atomic mass is 9.99. The van der Waals surface area contributed by atoms with Crippen LogP contribution < -0.4 is 10.6 Å². The lowest BCUT2D eigenvalue weighted by molar-refractivity contribution is -0.135. The molecule has 0 radical (unpaired) electrons. The van der Waals surface area contributed by atoms with Crippen molar-refractivity contribution < 1.29 is 31.9 Å². The normalized spacial score (nSPS) is 11.5. The van der Waals surface area contributed by atoms with Crippen LogP contribution in [0.5, 0.6) is 0 Å². The minimum atomic E-state index is -2.31. The van der Waals surface area contributed by atoms with Gasteiger partial charge in [-0.25, -0.2) is 26.9 Å². The monoisotopic (exact) mass is 449 g/mol. The molecule has 0 saturated carbocycles. The van der Waals surface area contributed by atoms with Crippen molar-refractivity contribution in [1.29, 1.82) is 0 Å². The van der Waals surface area contributed by atoms with Crippen LogP contribution in [0, 0.1) is 29.1 Å². The molecule has 3 aromatic carbocycles. The lowest BCUT2D eigenvalue weighted by Gasteiger charge is -2.23. The van der Waals surface area contributed by atoms with Crippen molar-refractivity contribution in [3.05, 3.63) is 101 Å². The first-order chi connectivity index (χ1) is 15.3. The van der Waals surface area contributed by atoms with Gasteiger partial charge in [0.2, 0.25) is 5.82 Å². The van der Waals surface area contributed by atoms with Gasteiger partial charge in [0.05, 0.1) is 6.04 Å². The molecular formula is C22H16F5N3O2. The Bertz CT molecular complexity index is 1070. The number of halogens is 5. The van der Waals surface area contributed by atoms with Crippen molar-refractivity contribution in [2.45, 2.75) is 6.04 Å². The molecular weight excluding hydrogens is 433 g/mol. The average molecular weight is 449 g/mol. The number of guanidine groups is 1. The van der Waals surface area contributed by atoms with Crippen molar-refractivity contribution in [3.63, 3.8) is 0 Å². The van der Waals surface area contributed by atoms with Gasteiger partial charge in [0.25, 0.3) is 0 Å². The molecule has 0 saturated heterocycles. The average Bonchev–Trinajstić information content (AvgIpc) is 2.81. The van der Waals surface area contributed by atoms with Crippen molar-refractivity contribution in [3.8, 4) is 0 Å². The molecule has 0 unspecified atom stereocenters. The van der Waals surface area contributed by atoms with E-state index in [9.17, 15) is 26.7 Å². The van der Waals surface area contributed by atoms with E-state index in [1.54, 1.807) is 60.7 Å². The van der Waals surface area contributed by atoms with Gasteiger partial charge in [-0.15, -0.1) is 0 Å². The highest BCUT2D eigenvalue weighted by Crippen LogP contribution is 2.28. The Morgan fingerprint density at radius 3 is 1.66 bits per heavy atom. The van der Waals surface area contributed by atoms with Crippen LogP contribution in [-0.4, -0.2) is 23.6 Å². The number of carboxylic acid groups (broad SMARTS) is 1. The number of anilines is 1. The zero-order chi connectivity index (χ0) is 23.3. The van der Waals surface area contributed by atoms with Crippen LogP contribution in [-0.2, 0) is 4.79 Å². The van der Waals surface area contributed by atoms with E-state index >= 15 is 0 Å². The summed E-state index contributed by atoms with van der Waals surface area (Å²) in [5, 5.41) is 13.8. The quantitative estimate of drug-likeness (QED) is 0.169. The highest BCUT2D eigenvalue weighted by Gasteiger charge is 2.27. The zero-order valence-electron chi connectivity index (χ0n) is 16.3. The van der Waals surface area contributed by atoms with E-state index in [1.807, 2.05) is 5.32 Å². The first-order valence-corrected chi connectivity index (χ1v) is 9.20. The third-order valence-electron chi connectivity index (χ3n) is 4.37. The summed E-state index contributed by atoms with van der Waals surface area (Å²) in [5.41, 5.74) is -0.0280. The summed E-state index contributed by atoms with van der Waals surface area (Å²) in [6, 6.07) is 16.7. The van der Waals surface area contributed by atoms with E-state index in [2.05, 4.69) is 10.3 Å². The van der Waals surface area contributed by atoms with Crippen molar-refractivity contribution in [2.24, 2.45) is 4.99 Å². The number of hydrogen-bond acceptors (Lipinski definition) is 2. The molecule has 3 rings (SSSR count). The fourth-order valence-corrected chi connectivity index (χ4v) is 2.89. The predicted octanol–water partition coefficient (Wildman–Crippen LogP) is 4.61. The first kappa shape index (κ1) is 22.7. The van der Waals surface area contributed by atoms with Crippen LogP contribution in [0.3, 0.4) is 0 Å². The zero-order valence-corrected chi connectivity index (χ0v) is 16.3. The smallest absolute Gasteiger partial charge is 0.325 e. The number of carboxylic acids is 1. The minimum Gasteiger partial charge on any atom is -0.480 e. The van der Waals surface area contributed by atoms with E-state index in [4.69, 9.17) is 5.11 Å². The number of nitrogens with one attached hydrogen (secondary N) is 2. The molecule has 0 aliphatic rings. The summed E-state index contributed by atoms with van der Waals surface area (Å²) >= 11 is 0. The number of carbonyl (C=O) groups is 1. The second-order valence-corrected chi connectivity index (χ2v) is 6.53. The number of hydrogen-bond donors (Lipinski definition) is 3. The fraction of sp³-hybridized carbons (Fsp3) is 0.0909. The SMILES string of the molecule is O=C(O)CN=C(Nc1c(F)c(F)c(F)c(F)c1F)NC(c1ccccc1)c1ccccc1. The predicted molar refractivity (Wildman–Crippen MR) is 108 cm³/mol. The topological polar surface area (TPSA) is 73.7 Å². The second-order valence-electron chi connectivity index (χ2n) is 6.53. The number of nitrogens with zero attached hydrogens (tertiary/aromatic N) is 1. The van der Waals surface area contributed by atoms with Gasteiger partial charge in [-0.3, -0.25) is 4.79 Å². The fourth-order valence-electron chi connectivity index (χ4n) is 2.89. The molecule has 0 amide bonds.